The predicted molar refractivity (Wildman–Crippen MR) is 128 cm³/mol. The van der Waals surface area contributed by atoms with Gasteiger partial charge in [-0.3, -0.25) is 9.36 Å². The summed E-state index contributed by atoms with van der Waals surface area (Å²) in [7, 11) is 0. The third-order valence-electron chi connectivity index (χ3n) is 5.00. The maximum Gasteiger partial charge on any atom is 0.234 e. The molecule has 164 valence electrons. The van der Waals surface area contributed by atoms with Crippen molar-refractivity contribution >= 4 is 23.4 Å². The highest BCUT2D eigenvalue weighted by Gasteiger charge is 2.20. The van der Waals surface area contributed by atoms with Crippen molar-refractivity contribution in [2.24, 2.45) is 0 Å². The molecule has 4 aromatic rings. The number of hydrogen-bond acceptors (Lipinski definition) is 6. The van der Waals surface area contributed by atoms with E-state index in [4.69, 9.17) is 5.26 Å². The summed E-state index contributed by atoms with van der Waals surface area (Å²) in [6.45, 7) is 4.03. The Balaban J connectivity index is 1.63. The first-order chi connectivity index (χ1) is 16.0. The molecule has 0 spiro atoms. The number of benzene rings is 3. The summed E-state index contributed by atoms with van der Waals surface area (Å²) in [5, 5.41) is 31.3. The largest absolute Gasteiger partial charge is 0.507 e. The van der Waals surface area contributed by atoms with Gasteiger partial charge in [0.15, 0.2) is 11.0 Å². The summed E-state index contributed by atoms with van der Waals surface area (Å²) in [5.41, 5.74) is 4.73. The fourth-order valence-electron chi connectivity index (χ4n) is 3.43. The number of carbonyl (C=O) groups is 1. The number of amides is 1. The number of thioether (sulfide) groups is 1. The summed E-state index contributed by atoms with van der Waals surface area (Å²) < 4.78 is 1.86. The number of aromatic nitrogens is 3. The highest BCUT2D eigenvalue weighted by Crippen LogP contribution is 2.33. The topological polar surface area (TPSA) is 104 Å². The number of nitriles is 1. The highest BCUT2D eigenvalue weighted by atomic mass is 32.2. The van der Waals surface area contributed by atoms with Crippen LogP contribution < -0.4 is 5.32 Å². The van der Waals surface area contributed by atoms with Gasteiger partial charge in [0.1, 0.15) is 5.75 Å². The number of aryl methyl sites for hydroxylation is 2. The van der Waals surface area contributed by atoms with E-state index in [1.807, 2.05) is 36.6 Å². The molecule has 0 saturated heterocycles. The normalized spacial score (nSPS) is 10.6. The Kier molecular flexibility index (Phi) is 6.43. The molecule has 0 atom stereocenters. The second-order valence-electron chi connectivity index (χ2n) is 7.47. The van der Waals surface area contributed by atoms with Crippen LogP contribution in [-0.4, -0.2) is 31.5 Å². The van der Waals surface area contributed by atoms with E-state index in [0.717, 1.165) is 16.8 Å². The molecular formula is C25H21N5O2S. The van der Waals surface area contributed by atoms with Crippen molar-refractivity contribution in [3.63, 3.8) is 0 Å². The Morgan fingerprint density at radius 2 is 1.85 bits per heavy atom. The summed E-state index contributed by atoms with van der Waals surface area (Å²) in [6, 6.07) is 21.8. The van der Waals surface area contributed by atoms with Gasteiger partial charge in [0.05, 0.1) is 28.6 Å². The van der Waals surface area contributed by atoms with Crippen LogP contribution in [0.4, 0.5) is 5.69 Å². The van der Waals surface area contributed by atoms with Crippen molar-refractivity contribution in [3.05, 3.63) is 83.4 Å². The lowest BCUT2D eigenvalue weighted by Crippen LogP contribution is -2.14. The Morgan fingerprint density at radius 3 is 2.55 bits per heavy atom. The molecule has 2 N–H and O–H groups in total. The van der Waals surface area contributed by atoms with Crippen molar-refractivity contribution in [2.45, 2.75) is 19.0 Å². The van der Waals surface area contributed by atoms with Crippen molar-refractivity contribution < 1.29 is 9.90 Å². The first kappa shape index (κ1) is 22.1. The molecule has 0 bridgehead atoms. The van der Waals surface area contributed by atoms with Crippen molar-refractivity contribution in [1.82, 2.24) is 14.8 Å². The Bertz CT molecular complexity index is 1360. The quantitative estimate of drug-likeness (QED) is 0.403. The van der Waals surface area contributed by atoms with Gasteiger partial charge in [0.25, 0.3) is 0 Å². The SMILES string of the molecule is Cc1ccc(-n2c(SCC(=O)Nc3ccc(C#N)cc3)nnc2-c2ccccc2O)c(C)c1. The smallest absolute Gasteiger partial charge is 0.234 e. The van der Waals surface area contributed by atoms with Crippen molar-refractivity contribution in [2.75, 3.05) is 11.1 Å². The van der Waals surface area contributed by atoms with Crippen LogP contribution in [0.15, 0.2) is 71.9 Å². The van der Waals surface area contributed by atoms with Gasteiger partial charge in [-0.15, -0.1) is 10.2 Å². The Hall–Kier alpha value is -4.09. The molecule has 0 aliphatic carbocycles. The van der Waals surface area contributed by atoms with Crippen LogP contribution in [0.2, 0.25) is 0 Å². The minimum absolute atomic E-state index is 0.103. The van der Waals surface area contributed by atoms with E-state index in [9.17, 15) is 9.90 Å². The third kappa shape index (κ3) is 4.89. The molecule has 0 radical (unpaired) electrons. The number of phenols is 1. The molecule has 0 unspecified atom stereocenters. The maximum absolute atomic E-state index is 12.5. The number of phenolic OH excluding ortho intramolecular Hbond substituents is 1. The van der Waals surface area contributed by atoms with E-state index in [1.165, 1.54) is 11.8 Å². The van der Waals surface area contributed by atoms with Gasteiger partial charge >= 0.3 is 0 Å². The van der Waals surface area contributed by atoms with Crippen molar-refractivity contribution in [1.29, 1.82) is 5.26 Å². The van der Waals surface area contributed by atoms with Crippen LogP contribution in [0.25, 0.3) is 17.1 Å². The summed E-state index contributed by atoms with van der Waals surface area (Å²) in [5.74, 6) is 0.508. The lowest BCUT2D eigenvalue weighted by atomic mass is 10.1. The molecule has 0 aliphatic rings. The minimum Gasteiger partial charge on any atom is -0.507 e. The zero-order valence-electron chi connectivity index (χ0n) is 18.1. The number of hydrogen-bond donors (Lipinski definition) is 2. The zero-order valence-corrected chi connectivity index (χ0v) is 18.9. The number of anilines is 1. The lowest BCUT2D eigenvalue weighted by Gasteiger charge is -2.14. The number of carbonyl (C=O) groups excluding carboxylic acids is 1. The van der Waals surface area contributed by atoms with E-state index in [0.29, 0.717) is 27.8 Å². The molecule has 0 aliphatic heterocycles. The molecule has 1 heterocycles. The van der Waals surface area contributed by atoms with Crippen LogP contribution in [0.1, 0.15) is 16.7 Å². The van der Waals surface area contributed by atoms with Gasteiger partial charge in [0.2, 0.25) is 5.91 Å². The lowest BCUT2D eigenvalue weighted by molar-refractivity contribution is -0.113. The molecule has 4 rings (SSSR count). The molecule has 7 nitrogen and oxygen atoms in total. The maximum atomic E-state index is 12.5. The first-order valence-corrected chi connectivity index (χ1v) is 11.2. The third-order valence-corrected chi connectivity index (χ3v) is 5.93. The summed E-state index contributed by atoms with van der Waals surface area (Å²) in [4.78, 5) is 12.5. The molecule has 0 saturated carbocycles. The molecule has 0 fully saturated rings. The zero-order chi connectivity index (χ0) is 23.4. The summed E-state index contributed by atoms with van der Waals surface area (Å²) in [6.07, 6.45) is 0. The van der Waals surface area contributed by atoms with Gasteiger partial charge in [-0.05, 0) is 61.9 Å². The fourth-order valence-corrected chi connectivity index (χ4v) is 4.17. The second kappa shape index (κ2) is 9.59. The average Bonchev–Trinajstić information content (AvgIpc) is 3.22. The van der Waals surface area contributed by atoms with Crippen LogP contribution in [-0.2, 0) is 4.79 Å². The molecule has 1 aromatic heterocycles. The van der Waals surface area contributed by atoms with Gasteiger partial charge < -0.3 is 10.4 Å². The van der Waals surface area contributed by atoms with Crippen LogP contribution in [0.5, 0.6) is 5.75 Å². The van der Waals surface area contributed by atoms with Crippen LogP contribution in [0.3, 0.4) is 0 Å². The molecular weight excluding hydrogens is 434 g/mol. The molecule has 1 amide bonds. The summed E-state index contributed by atoms with van der Waals surface area (Å²) >= 11 is 1.25. The Morgan fingerprint density at radius 1 is 1.09 bits per heavy atom. The van der Waals surface area contributed by atoms with E-state index in [2.05, 4.69) is 27.6 Å². The second-order valence-corrected chi connectivity index (χ2v) is 8.42. The standard InChI is InChI=1S/C25H21N5O2S/c1-16-7-12-21(17(2)13-16)30-24(20-5-3-4-6-22(20)31)28-29-25(30)33-15-23(32)27-19-10-8-18(14-26)9-11-19/h3-13,31H,15H2,1-2H3,(H,27,32). The van der Waals surface area contributed by atoms with Crippen LogP contribution >= 0.6 is 11.8 Å². The van der Waals surface area contributed by atoms with E-state index < -0.39 is 0 Å². The van der Waals surface area contributed by atoms with Crippen molar-refractivity contribution in [3.8, 4) is 28.9 Å². The molecule has 33 heavy (non-hydrogen) atoms. The number of para-hydroxylation sites is 1. The van der Waals surface area contributed by atoms with Gasteiger partial charge in [0, 0.05) is 5.69 Å². The Labute approximate surface area is 195 Å². The number of rotatable bonds is 6. The van der Waals surface area contributed by atoms with Gasteiger partial charge in [-0.1, -0.05) is 41.6 Å². The highest BCUT2D eigenvalue weighted by molar-refractivity contribution is 7.99. The molecule has 3 aromatic carbocycles. The number of nitrogens with one attached hydrogen (secondary N) is 1. The molecule has 8 heteroatoms. The van der Waals surface area contributed by atoms with Gasteiger partial charge in [-0.25, -0.2) is 0 Å². The monoisotopic (exact) mass is 455 g/mol. The average molecular weight is 456 g/mol. The van der Waals surface area contributed by atoms with Gasteiger partial charge in [-0.2, -0.15) is 5.26 Å². The fraction of sp³-hybridized carbons (Fsp3) is 0.120. The van der Waals surface area contributed by atoms with Crippen LogP contribution in [0, 0.1) is 25.2 Å². The number of nitrogens with zero attached hydrogens (tertiary/aromatic N) is 4. The predicted octanol–water partition coefficient (Wildman–Crippen LogP) is 4.86. The first-order valence-electron chi connectivity index (χ1n) is 10.2. The van der Waals surface area contributed by atoms with E-state index in [1.54, 1.807) is 42.5 Å². The van der Waals surface area contributed by atoms with E-state index >= 15 is 0 Å². The minimum atomic E-state index is -0.205. The number of aromatic hydroxyl groups is 1. The van der Waals surface area contributed by atoms with E-state index in [-0.39, 0.29) is 17.4 Å².